The van der Waals surface area contributed by atoms with E-state index in [1.807, 2.05) is 0 Å². The predicted molar refractivity (Wildman–Crippen MR) is 89.9 cm³/mol. The van der Waals surface area contributed by atoms with Gasteiger partial charge in [0.2, 0.25) is 5.43 Å². The van der Waals surface area contributed by atoms with E-state index in [2.05, 4.69) is 0 Å². The number of fused-ring (bicyclic) bond motifs is 1. The maximum absolute atomic E-state index is 14.7. The minimum Gasteiger partial charge on any atom is -0.504 e. The number of carboxylic acid groups (broad SMARTS) is 1. The third-order valence-corrected chi connectivity index (χ3v) is 4.93. The summed E-state index contributed by atoms with van der Waals surface area (Å²) in [7, 11) is 0. The molecule has 132 valence electrons. The molecule has 8 heteroatoms. The highest BCUT2D eigenvalue weighted by Gasteiger charge is 2.32. The van der Waals surface area contributed by atoms with Gasteiger partial charge in [-0.05, 0) is 25.3 Å². The molecular weight excluding hydrogens is 329 g/mol. The Balaban J connectivity index is 2.03. The third-order valence-electron chi connectivity index (χ3n) is 4.93. The summed E-state index contributed by atoms with van der Waals surface area (Å²) in [6.45, 7) is 0.925. The van der Waals surface area contributed by atoms with Crippen molar-refractivity contribution in [2.75, 3.05) is 18.0 Å². The molecule has 1 aromatic heterocycles. The highest BCUT2D eigenvalue weighted by atomic mass is 19.1. The Labute approximate surface area is 142 Å². The number of benzene rings is 1. The highest BCUT2D eigenvalue weighted by molar-refractivity contribution is 5.96. The van der Waals surface area contributed by atoms with Crippen molar-refractivity contribution in [3.05, 3.63) is 33.9 Å². The van der Waals surface area contributed by atoms with E-state index in [1.165, 1.54) is 6.20 Å². The Morgan fingerprint density at radius 2 is 2.04 bits per heavy atom. The molecule has 1 atom stereocenters. The predicted octanol–water partition coefficient (Wildman–Crippen LogP) is 1.42. The highest BCUT2D eigenvalue weighted by Crippen LogP contribution is 2.43. The first kappa shape index (κ1) is 15.9. The molecule has 0 radical (unpaired) electrons. The number of aromatic carboxylic acids is 1. The van der Waals surface area contributed by atoms with E-state index in [4.69, 9.17) is 5.73 Å². The summed E-state index contributed by atoms with van der Waals surface area (Å²) in [5, 5.41) is 19.9. The van der Waals surface area contributed by atoms with E-state index in [0.29, 0.717) is 19.5 Å². The summed E-state index contributed by atoms with van der Waals surface area (Å²) in [5.41, 5.74) is 4.87. The van der Waals surface area contributed by atoms with Crippen molar-refractivity contribution < 1.29 is 19.4 Å². The standard InChI is InChI=1S/C17H18FN3O4/c18-12-5-10-13(16(23)14(12)20-4-3-8(19)6-20)21(9-1-2-9)7-11(15(10)22)17(24)25/h5,7-9,23H,1-4,6,19H2,(H,24,25). The van der Waals surface area contributed by atoms with Crippen LogP contribution in [-0.4, -0.2) is 39.9 Å². The summed E-state index contributed by atoms with van der Waals surface area (Å²) in [5.74, 6) is -2.44. The Bertz CT molecular complexity index is 951. The Hall–Kier alpha value is -2.61. The maximum Gasteiger partial charge on any atom is 0.341 e. The molecule has 1 saturated carbocycles. The summed E-state index contributed by atoms with van der Waals surface area (Å²) in [6.07, 6.45) is 3.57. The van der Waals surface area contributed by atoms with Crippen molar-refractivity contribution in [2.24, 2.45) is 5.73 Å². The van der Waals surface area contributed by atoms with Crippen LogP contribution in [0, 0.1) is 5.82 Å². The molecule has 1 saturated heterocycles. The van der Waals surface area contributed by atoms with Gasteiger partial charge in [0, 0.05) is 31.4 Å². The van der Waals surface area contributed by atoms with Crippen LogP contribution >= 0.6 is 0 Å². The van der Waals surface area contributed by atoms with Crippen molar-refractivity contribution in [2.45, 2.75) is 31.3 Å². The minimum atomic E-state index is -1.37. The lowest BCUT2D eigenvalue weighted by Gasteiger charge is -2.22. The lowest BCUT2D eigenvalue weighted by atomic mass is 10.1. The van der Waals surface area contributed by atoms with Crippen LogP contribution in [0.1, 0.15) is 35.7 Å². The first-order valence-corrected chi connectivity index (χ1v) is 8.22. The number of aromatic nitrogens is 1. The minimum absolute atomic E-state index is 0.00578. The van der Waals surface area contributed by atoms with Gasteiger partial charge >= 0.3 is 5.97 Å². The second-order valence-electron chi connectivity index (χ2n) is 6.76. The number of nitrogens with two attached hydrogens (primary N) is 1. The van der Waals surface area contributed by atoms with Gasteiger partial charge in [0.05, 0.1) is 10.9 Å². The second-order valence-corrected chi connectivity index (χ2v) is 6.76. The van der Waals surface area contributed by atoms with Gasteiger partial charge in [0.25, 0.3) is 0 Å². The van der Waals surface area contributed by atoms with Gasteiger partial charge in [-0.15, -0.1) is 0 Å². The Kier molecular flexibility index (Phi) is 3.47. The number of rotatable bonds is 3. The van der Waals surface area contributed by atoms with Crippen LogP contribution in [0.4, 0.5) is 10.1 Å². The molecule has 1 unspecified atom stereocenters. The van der Waals surface area contributed by atoms with Crippen molar-refractivity contribution in [1.82, 2.24) is 4.57 Å². The fraction of sp³-hybridized carbons (Fsp3) is 0.412. The van der Waals surface area contributed by atoms with Crippen molar-refractivity contribution in [3.63, 3.8) is 0 Å². The number of carboxylic acids is 1. The van der Waals surface area contributed by atoms with Crippen LogP contribution in [0.25, 0.3) is 10.9 Å². The molecule has 1 aromatic carbocycles. The van der Waals surface area contributed by atoms with E-state index in [9.17, 15) is 24.2 Å². The molecule has 1 aliphatic heterocycles. The maximum atomic E-state index is 14.7. The number of pyridine rings is 1. The van der Waals surface area contributed by atoms with Crippen LogP contribution < -0.4 is 16.1 Å². The largest absolute Gasteiger partial charge is 0.504 e. The number of anilines is 1. The van der Waals surface area contributed by atoms with E-state index in [1.54, 1.807) is 9.47 Å². The third kappa shape index (κ3) is 2.44. The van der Waals surface area contributed by atoms with Crippen molar-refractivity contribution in [1.29, 1.82) is 0 Å². The topological polar surface area (TPSA) is 109 Å². The number of phenolic OH excluding ortho intramolecular Hbond substituents is 1. The molecular formula is C17H18FN3O4. The number of halogens is 1. The zero-order valence-corrected chi connectivity index (χ0v) is 13.4. The average molecular weight is 347 g/mol. The summed E-state index contributed by atoms with van der Waals surface area (Å²) >= 11 is 0. The van der Waals surface area contributed by atoms with Gasteiger partial charge in [-0.3, -0.25) is 4.79 Å². The van der Waals surface area contributed by atoms with Crippen molar-refractivity contribution in [3.8, 4) is 5.75 Å². The molecule has 2 aliphatic rings. The molecule has 4 rings (SSSR count). The van der Waals surface area contributed by atoms with Gasteiger partial charge in [-0.25, -0.2) is 9.18 Å². The van der Waals surface area contributed by atoms with Gasteiger partial charge in [0.15, 0.2) is 11.6 Å². The van der Waals surface area contributed by atoms with E-state index < -0.39 is 22.8 Å². The Morgan fingerprint density at radius 1 is 1.32 bits per heavy atom. The molecule has 0 amide bonds. The second kappa shape index (κ2) is 5.45. The quantitative estimate of drug-likeness (QED) is 0.775. The molecule has 25 heavy (non-hydrogen) atoms. The number of aromatic hydroxyl groups is 1. The van der Waals surface area contributed by atoms with Crippen LogP contribution in [0.3, 0.4) is 0 Å². The monoisotopic (exact) mass is 347 g/mol. The first-order chi connectivity index (χ1) is 11.9. The molecule has 2 heterocycles. The van der Waals surface area contributed by atoms with E-state index in [0.717, 1.165) is 18.9 Å². The fourth-order valence-electron chi connectivity index (χ4n) is 3.54. The van der Waals surface area contributed by atoms with Gasteiger partial charge in [-0.1, -0.05) is 0 Å². The molecule has 0 bridgehead atoms. The van der Waals surface area contributed by atoms with Crippen LogP contribution in [0.5, 0.6) is 5.75 Å². The summed E-state index contributed by atoms with van der Waals surface area (Å²) in [6, 6.07) is 0.933. The fourth-order valence-corrected chi connectivity index (χ4v) is 3.54. The smallest absolute Gasteiger partial charge is 0.341 e. The number of hydrogen-bond acceptors (Lipinski definition) is 5. The van der Waals surface area contributed by atoms with Gasteiger partial charge in [-0.2, -0.15) is 0 Å². The van der Waals surface area contributed by atoms with Crippen LogP contribution in [-0.2, 0) is 0 Å². The zero-order chi connectivity index (χ0) is 17.9. The van der Waals surface area contributed by atoms with Crippen molar-refractivity contribution >= 4 is 22.6 Å². The number of carbonyl (C=O) groups is 1. The summed E-state index contributed by atoms with van der Waals surface area (Å²) < 4.78 is 16.3. The number of nitrogens with zero attached hydrogens (tertiary/aromatic N) is 2. The molecule has 2 aromatic rings. The molecule has 7 nitrogen and oxygen atoms in total. The molecule has 1 aliphatic carbocycles. The lowest BCUT2D eigenvalue weighted by Crippen LogP contribution is -2.27. The number of phenols is 1. The lowest BCUT2D eigenvalue weighted by molar-refractivity contribution is 0.0694. The van der Waals surface area contributed by atoms with E-state index in [-0.39, 0.29) is 34.4 Å². The van der Waals surface area contributed by atoms with Crippen LogP contribution in [0.15, 0.2) is 17.1 Å². The summed E-state index contributed by atoms with van der Waals surface area (Å²) in [4.78, 5) is 25.5. The number of hydrogen-bond donors (Lipinski definition) is 3. The Morgan fingerprint density at radius 3 is 2.60 bits per heavy atom. The van der Waals surface area contributed by atoms with E-state index >= 15 is 0 Å². The molecule has 0 spiro atoms. The molecule has 4 N–H and O–H groups in total. The van der Waals surface area contributed by atoms with Gasteiger partial charge in [0.1, 0.15) is 11.3 Å². The SMILES string of the molecule is NC1CCN(c2c(F)cc3c(=O)c(C(=O)O)cn(C4CC4)c3c2O)C1. The van der Waals surface area contributed by atoms with Crippen LogP contribution in [0.2, 0.25) is 0 Å². The molecule has 2 fully saturated rings. The van der Waals surface area contributed by atoms with Gasteiger partial charge < -0.3 is 25.4 Å². The average Bonchev–Trinajstić information content (AvgIpc) is 3.30. The normalized spacial score (nSPS) is 20.4. The zero-order valence-electron chi connectivity index (χ0n) is 13.4. The first-order valence-electron chi connectivity index (χ1n) is 8.22.